The van der Waals surface area contributed by atoms with E-state index in [-0.39, 0.29) is 12.7 Å². The Labute approximate surface area is 139 Å². The van der Waals surface area contributed by atoms with Gasteiger partial charge in [0, 0.05) is 31.4 Å². The first-order chi connectivity index (χ1) is 11.7. The van der Waals surface area contributed by atoms with Crippen molar-refractivity contribution in [3.05, 3.63) is 53.9 Å². The third-order valence-electron chi connectivity index (χ3n) is 4.09. The Bertz CT molecular complexity index is 917. The number of aromatic nitrogens is 2. The van der Waals surface area contributed by atoms with E-state index < -0.39 is 0 Å². The van der Waals surface area contributed by atoms with Gasteiger partial charge in [0.2, 0.25) is 12.7 Å². The van der Waals surface area contributed by atoms with Gasteiger partial charge in [-0.3, -0.25) is 4.79 Å². The van der Waals surface area contributed by atoms with Crippen molar-refractivity contribution in [2.45, 2.75) is 13.0 Å². The Balaban J connectivity index is 1.43. The average molecular weight is 323 g/mol. The lowest BCUT2D eigenvalue weighted by Gasteiger charge is -2.06. The van der Waals surface area contributed by atoms with E-state index in [1.54, 1.807) is 6.20 Å². The first-order valence-corrected chi connectivity index (χ1v) is 7.75. The van der Waals surface area contributed by atoms with Gasteiger partial charge >= 0.3 is 0 Å². The Morgan fingerprint density at radius 1 is 1.29 bits per heavy atom. The van der Waals surface area contributed by atoms with Crippen molar-refractivity contribution in [1.82, 2.24) is 14.9 Å². The number of hydrogen-bond acceptors (Lipinski definition) is 4. The Hall–Kier alpha value is -3.02. The predicted molar refractivity (Wildman–Crippen MR) is 88.8 cm³/mol. The van der Waals surface area contributed by atoms with Crippen LogP contribution in [0, 0.1) is 0 Å². The highest BCUT2D eigenvalue weighted by molar-refractivity contribution is 5.87. The lowest BCUT2D eigenvalue weighted by molar-refractivity contribution is -0.120. The summed E-state index contributed by atoms with van der Waals surface area (Å²) in [6.07, 6.45) is 4.04. The standard InChI is InChI=1S/C18H17N3O3/c1-21-10-13(14-3-2-6-19-18(14)21)8-17(22)20-9-12-4-5-15-16(7-12)24-11-23-15/h2-7,10H,8-9,11H2,1H3,(H,20,22). The highest BCUT2D eigenvalue weighted by Gasteiger charge is 2.14. The van der Waals surface area contributed by atoms with Crippen molar-refractivity contribution < 1.29 is 14.3 Å². The molecular formula is C18H17N3O3. The Morgan fingerprint density at radius 3 is 3.08 bits per heavy atom. The molecule has 3 heterocycles. The van der Waals surface area contributed by atoms with Gasteiger partial charge in [-0.2, -0.15) is 0 Å². The molecule has 0 aliphatic carbocycles. The first-order valence-electron chi connectivity index (χ1n) is 7.75. The number of hydrogen-bond donors (Lipinski definition) is 1. The van der Waals surface area contributed by atoms with E-state index in [4.69, 9.17) is 9.47 Å². The van der Waals surface area contributed by atoms with Crippen LogP contribution in [0.3, 0.4) is 0 Å². The number of amides is 1. The van der Waals surface area contributed by atoms with E-state index >= 15 is 0 Å². The fraction of sp³-hybridized carbons (Fsp3) is 0.222. The maximum absolute atomic E-state index is 12.3. The lowest BCUT2D eigenvalue weighted by Crippen LogP contribution is -2.24. The minimum absolute atomic E-state index is 0.0241. The molecule has 1 aliphatic heterocycles. The molecule has 0 fully saturated rings. The van der Waals surface area contributed by atoms with Crippen LogP contribution >= 0.6 is 0 Å². The molecule has 0 radical (unpaired) electrons. The van der Waals surface area contributed by atoms with Crippen molar-refractivity contribution in [1.29, 1.82) is 0 Å². The zero-order valence-corrected chi connectivity index (χ0v) is 13.3. The van der Waals surface area contributed by atoms with Crippen LogP contribution in [0.5, 0.6) is 11.5 Å². The Kier molecular flexibility index (Phi) is 3.57. The molecular weight excluding hydrogens is 306 g/mol. The number of nitrogens with one attached hydrogen (secondary N) is 1. The SMILES string of the molecule is Cn1cc(CC(=O)NCc2ccc3c(c2)OCO3)c2cccnc21. The molecule has 1 N–H and O–H groups in total. The van der Waals surface area contributed by atoms with E-state index in [0.717, 1.165) is 33.7 Å². The fourth-order valence-corrected chi connectivity index (χ4v) is 2.92. The number of pyridine rings is 1. The molecule has 6 heteroatoms. The molecule has 1 aromatic carbocycles. The zero-order chi connectivity index (χ0) is 16.5. The summed E-state index contributed by atoms with van der Waals surface area (Å²) in [5, 5.41) is 3.96. The summed E-state index contributed by atoms with van der Waals surface area (Å²) in [4.78, 5) is 16.6. The second-order valence-corrected chi connectivity index (χ2v) is 5.78. The molecule has 1 amide bonds. The van der Waals surface area contributed by atoms with E-state index in [1.807, 2.05) is 48.1 Å². The van der Waals surface area contributed by atoms with Gasteiger partial charge in [0.05, 0.1) is 6.42 Å². The van der Waals surface area contributed by atoms with Gasteiger partial charge in [0.25, 0.3) is 0 Å². The minimum Gasteiger partial charge on any atom is -0.454 e. The van der Waals surface area contributed by atoms with Gasteiger partial charge in [0.15, 0.2) is 11.5 Å². The van der Waals surface area contributed by atoms with Crippen molar-refractivity contribution in [3.63, 3.8) is 0 Å². The molecule has 0 bridgehead atoms. The summed E-state index contributed by atoms with van der Waals surface area (Å²) in [5.74, 6) is 1.44. The van der Waals surface area contributed by atoms with Crippen molar-refractivity contribution in [2.75, 3.05) is 6.79 Å². The van der Waals surface area contributed by atoms with E-state index in [9.17, 15) is 4.79 Å². The third-order valence-corrected chi connectivity index (χ3v) is 4.09. The van der Waals surface area contributed by atoms with Crippen LogP contribution in [0.15, 0.2) is 42.7 Å². The number of aryl methyl sites for hydroxylation is 1. The largest absolute Gasteiger partial charge is 0.454 e. The van der Waals surface area contributed by atoms with Crippen molar-refractivity contribution in [2.24, 2.45) is 7.05 Å². The van der Waals surface area contributed by atoms with Crippen LogP contribution in [0.4, 0.5) is 0 Å². The molecule has 0 spiro atoms. The molecule has 4 rings (SSSR count). The summed E-state index contributed by atoms with van der Waals surface area (Å²) in [5.41, 5.74) is 2.84. The predicted octanol–water partition coefficient (Wildman–Crippen LogP) is 2.16. The number of ether oxygens (including phenoxy) is 2. The van der Waals surface area contributed by atoms with Crippen molar-refractivity contribution in [3.8, 4) is 11.5 Å². The average Bonchev–Trinajstić information content (AvgIpc) is 3.18. The molecule has 0 saturated heterocycles. The molecule has 1 aliphatic rings. The van der Waals surface area contributed by atoms with Crippen LogP contribution in [0.25, 0.3) is 11.0 Å². The van der Waals surface area contributed by atoms with Crippen LogP contribution in [-0.4, -0.2) is 22.3 Å². The monoisotopic (exact) mass is 323 g/mol. The van der Waals surface area contributed by atoms with Crippen LogP contribution in [-0.2, 0) is 24.8 Å². The molecule has 0 saturated carbocycles. The number of carbonyl (C=O) groups is 1. The number of carbonyl (C=O) groups excluding carboxylic acids is 1. The fourth-order valence-electron chi connectivity index (χ4n) is 2.92. The van der Waals surface area contributed by atoms with E-state index in [1.165, 1.54) is 0 Å². The van der Waals surface area contributed by atoms with Gasteiger partial charge in [-0.05, 0) is 35.4 Å². The van der Waals surface area contributed by atoms with Crippen LogP contribution in [0.2, 0.25) is 0 Å². The second kappa shape index (κ2) is 5.88. The van der Waals surface area contributed by atoms with Crippen LogP contribution in [0.1, 0.15) is 11.1 Å². The smallest absolute Gasteiger partial charge is 0.231 e. The first kappa shape index (κ1) is 14.6. The van der Waals surface area contributed by atoms with Gasteiger partial charge in [-0.15, -0.1) is 0 Å². The maximum Gasteiger partial charge on any atom is 0.231 e. The van der Waals surface area contributed by atoms with E-state index in [0.29, 0.717) is 13.0 Å². The number of fused-ring (bicyclic) bond motifs is 2. The molecule has 6 nitrogen and oxygen atoms in total. The maximum atomic E-state index is 12.3. The normalized spacial score (nSPS) is 12.5. The highest BCUT2D eigenvalue weighted by Crippen LogP contribution is 2.32. The second-order valence-electron chi connectivity index (χ2n) is 5.78. The van der Waals surface area contributed by atoms with Gasteiger partial charge in [-0.25, -0.2) is 4.98 Å². The summed E-state index contributed by atoms with van der Waals surface area (Å²) >= 11 is 0. The molecule has 2 aromatic heterocycles. The summed E-state index contributed by atoms with van der Waals surface area (Å²) in [6, 6.07) is 9.55. The highest BCUT2D eigenvalue weighted by atomic mass is 16.7. The molecule has 3 aromatic rings. The topological polar surface area (TPSA) is 65.4 Å². The van der Waals surface area contributed by atoms with Crippen molar-refractivity contribution >= 4 is 16.9 Å². The molecule has 122 valence electrons. The molecule has 0 unspecified atom stereocenters. The Morgan fingerprint density at radius 2 is 2.17 bits per heavy atom. The lowest BCUT2D eigenvalue weighted by atomic mass is 10.1. The summed E-state index contributed by atoms with van der Waals surface area (Å²) < 4.78 is 12.6. The molecule has 24 heavy (non-hydrogen) atoms. The third kappa shape index (κ3) is 2.67. The van der Waals surface area contributed by atoms with Crippen LogP contribution < -0.4 is 14.8 Å². The van der Waals surface area contributed by atoms with E-state index in [2.05, 4.69) is 10.3 Å². The number of benzene rings is 1. The quantitative estimate of drug-likeness (QED) is 0.799. The summed E-state index contributed by atoms with van der Waals surface area (Å²) in [6.45, 7) is 0.707. The molecule has 0 atom stereocenters. The van der Waals surface area contributed by atoms with Gasteiger partial charge in [-0.1, -0.05) is 6.07 Å². The van der Waals surface area contributed by atoms with Gasteiger partial charge in [0.1, 0.15) is 5.65 Å². The number of nitrogens with zero attached hydrogens (tertiary/aromatic N) is 2. The summed E-state index contributed by atoms with van der Waals surface area (Å²) in [7, 11) is 1.93. The number of rotatable bonds is 4. The zero-order valence-electron chi connectivity index (χ0n) is 13.3. The minimum atomic E-state index is -0.0241. The van der Waals surface area contributed by atoms with Gasteiger partial charge < -0.3 is 19.4 Å².